The van der Waals surface area contributed by atoms with Gasteiger partial charge in [-0.15, -0.1) is 0 Å². The van der Waals surface area contributed by atoms with Crippen molar-refractivity contribution in [2.75, 3.05) is 0 Å². The number of aliphatic carboxylic acids is 1. The second-order valence-corrected chi connectivity index (χ2v) is 6.25. The quantitative estimate of drug-likeness (QED) is 0.927. The number of hydrogen-bond donors (Lipinski definition) is 1. The lowest BCUT2D eigenvalue weighted by molar-refractivity contribution is -0.142. The van der Waals surface area contributed by atoms with Gasteiger partial charge >= 0.3 is 5.97 Å². The van der Waals surface area contributed by atoms with E-state index in [0.29, 0.717) is 17.1 Å². The normalized spacial score (nSPS) is 29.9. The first-order valence-electron chi connectivity index (χ1n) is 6.48. The van der Waals surface area contributed by atoms with Crippen LogP contribution in [0.5, 0.6) is 0 Å². The Hall–Kier alpha value is -0.940. The van der Waals surface area contributed by atoms with Crippen molar-refractivity contribution in [3.05, 3.63) is 34.1 Å². The molecule has 2 saturated heterocycles. The summed E-state index contributed by atoms with van der Waals surface area (Å²) in [5.74, 6) is -1.21. The number of carbonyl (C=O) groups is 1. The zero-order chi connectivity index (χ0) is 13.6. The molecule has 0 spiro atoms. The number of hydrogen-bond acceptors (Lipinski definition) is 2. The molecule has 2 heterocycles. The van der Waals surface area contributed by atoms with Gasteiger partial charge in [-0.3, -0.25) is 9.69 Å². The largest absolute Gasteiger partial charge is 0.481 e. The van der Waals surface area contributed by atoms with E-state index in [-0.39, 0.29) is 17.8 Å². The smallest absolute Gasteiger partial charge is 0.308 e. The van der Waals surface area contributed by atoms with Crippen LogP contribution in [-0.2, 0) is 11.3 Å². The summed E-state index contributed by atoms with van der Waals surface area (Å²) in [7, 11) is 0. The molecule has 0 saturated carbocycles. The SMILES string of the molecule is O=C(O)C1CC2CCC1N2Cc1ccc(Br)c(F)c1. The second-order valence-electron chi connectivity index (χ2n) is 5.40. The average Bonchev–Trinajstić information content (AvgIpc) is 2.91. The van der Waals surface area contributed by atoms with Gasteiger partial charge in [0, 0.05) is 18.6 Å². The molecule has 1 aromatic rings. The minimum Gasteiger partial charge on any atom is -0.481 e. The Kier molecular flexibility index (Phi) is 3.35. The molecule has 3 nitrogen and oxygen atoms in total. The van der Waals surface area contributed by atoms with E-state index >= 15 is 0 Å². The summed E-state index contributed by atoms with van der Waals surface area (Å²) in [5.41, 5.74) is 0.906. The number of rotatable bonds is 3. The molecule has 0 amide bonds. The van der Waals surface area contributed by atoms with Gasteiger partial charge < -0.3 is 5.11 Å². The van der Waals surface area contributed by atoms with Crippen LogP contribution in [0.1, 0.15) is 24.8 Å². The topological polar surface area (TPSA) is 40.5 Å². The highest BCUT2D eigenvalue weighted by atomic mass is 79.9. The number of halogens is 2. The monoisotopic (exact) mass is 327 g/mol. The van der Waals surface area contributed by atoms with Gasteiger partial charge in [0.2, 0.25) is 0 Å². The maximum absolute atomic E-state index is 13.5. The molecule has 3 rings (SSSR count). The van der Waals surface area contributed by atoms with Crippen molar-refractivity contribution >= 4 is 21.9 Å². The van der Waals surface area contributed by atoms with E-state index in [1.165, 1.54) is 6.07 Å². The van der Waals surface area contributed by atoms with E-state index in [9.17, 15) is 14.3 Å². The number of benzene rings is 1. The zero-order valence-corrected chi connectivity index (χ0v) is 11.9. The molecule has 19 heavy (non-hydrogen) atoms. The molecule has 102 valence electrons. The van der Waals surface area contributed by atoms with Crippen LogP contribution in [0.4, 0.5) is 4.39 Å². The molecule has 3 atom stereocenters. The van der Waals surface area contributed by atoms with Crippen LogP contribution in [0.15, 0.2) is 22.7 Å². The van der Waals surface area contributed by atoms with Crippen molar-refractivity contribution < 1.29 is 14.3 Å². The fourth-order valence-corrected chi connectivity index (χ4v) is 3.71. The third kappa shape index (κ3) is 2.30. The Bertz CT molecular complexity index is 522. The summed E-state index contributed by atoms with van der Waals surface area (Å²) in [5, 5.41) is 9.21. The van der Waals surface area contributed by atoms with Gasteiger partial charge in [-0.25, -0.2) is 4.39 Å². The molecule has 2 fully saturated rings. The molecule has 5 heteroatoms. The fourth-order valence-electron chi connectivity index (χ4n) is 3.46. The van der Waals surface area contributed by atoms with E-state index in [1.54, 1.807) is 6.07 Å². The first kappa shape index (κ1) is 13.1. The summed E-state index contributed by atoms with van der Waals surface area (Å²) in [6.45, 7) is 0.642. The van der Waals surface area contributed by atoms with Crippen molar-refractivity contribution in [3.8, 4) is 0 Å². The molecule has 0 radical (unpaired) electrons. The van der Waals surface area contributed by atoms with Crippen molar-refractivity contribution in [2.24, 2.45) is 5.92 Å². The Morgan fingerprint density at radius 3 is 2.89 bits per heavy atom. The third-order valence-corrected chi connectivity index (χ3v) is 4.99. The Labute approximate surface area is 119 Å². The van der Waals surface area contributed by atoms with E-state index in [4.69, 9.17) is 0 Å². The van der Waals surface area contributed by atoms with Crippen LogP contribution in [-0.4, -0.2) is 28.1 Å². The molecule has 3 unspecified atom stereocenters. The van der Waals surface area contributed by atoms with Gasteiger partial charge in [-0.2, -0.15) is 0 Å². The number of carboxylic acids is 1. The van der Waals surface area contributed by atoms with Gasteiger partial charge in [0.25, 0.3) is 0 Å². The Balaban J connectivity index is 1.77. The van der Waals surface area contributed by atoms with Gasteiger partial charge in [0.1, 0.15) is 5.82 Å². The minimum absolute atomic E-state index is 0.120. The van der Waals surface area contributed by atoms with E-state index in [0.717, 1.165) is 24.8 Å². The maximum atomic E-state index is 13.5. The first-order chi connectivity index (χ1) is 9.06. The lowest BCUT2D eigenvalue weighted by atomic mass is 9.89. The summed E-state index contributed by atoms with van der Waals surface area (Å²) in [6.07, 6.45) is 2.74. The highest BCUT2D eigenvalue weighted by Gasteiger charge is 2.48. The van der Waals surface area contributed by atoms with Gasteiger partial charge in [0.15, 0.2) is 0 Å². The number of nitrogens with zero attached hydrogens (tertiary/aromatic N) is 1. The van der Waals surface area contributed by atoms with E-state index in [2.05, 4.69) is 20.8 Å². The molecule has 1 N–H and O–H groups in total. The number of carboxylic acid groups (broad SMARTS) is 1. The van der Waals surface area contributed by atoms with Crippen molar-refractivity contribution in [1.29, 1.82) is 0 Å². The van der Waals surface area contributed by atoms with Crippen LogP contribution < -0.4 is 0 Å². The van der Waals surface area contributed by atoms with Crippen molar-refractivity contribution in [2.45, 2.75) is 37.9 Å². The third-order valence-electron chi connectivity index (χ3n) is 4.35. The first-order valence-corrected chi connectivity index (χ1v) is 7.28. The number of fused-ring (bicyclic) bond motifs is 2. The summed E-state index contributed by atoms with van der Waals surface area (Å²) in [4.78, 5) is 13.4. The Morgan fingerprint density at radius 1 is 1.47 bits per heavy atom. The van der Waals surface area contributed by atoms with Gasteiger partial charge in [-0.1, -0.05) is 6.07 Å². The summed E-state index contributed by atoms with van der Waals surface area (Å²) in [6, 6.07) is 5.59. The lowest BCUT2D eigenvalue weighted by Gasteiger charge is -2.22. The van der Waals surface area contributed by atoms with Crippen LogP contribution in [0, 0.1) is 11.7 Å². The highest BCUT2D eigenvalue weighted by Crippen LogP contribution is 2.42. The minimum atomic E-state index is -0.695. The Morgan fingerprint density at radius 2 is 2.26 bits per heavy atom. The molecular formula is C14H15BrFNO2. The van der Waals surface area contributed by atoms with Crippen molar-refractivity contribution in [1.82, 2.24) is 4.90 Å². The maximum Gasteiger partial charge on any atom is 0.308 e. The van der Waals surface area contributed by atoms with Crippen LogP contribution in [0.25, 0.3) is 0 Å². The zero-order valence-electron chi connectivity index (χ0n) is 10.4. The fraction of sp³-hybridized carbons (Fsp3) is 0.500. The van der Waals surface area contributed by atoms with Crippen LogP contribution in [0.3, 0.4) is 0 Å². The molecule has 1 aromatic carbocycles. The predicted molar refractivity (Wildman–Crippen MR) is 72.2 cm³/mol. The van der Waals surface area contributed by atoms with E-state index < -0.39 is 5.97 Å². The van der Waals surface area contributed by atoms with Crippen molar-refractivity contribution in [3.63, 3.8) is 0 Å². The molecular weight excluding hydrogens is 313 g/mol. The van der Waals surface area contributed by atoms with E-state index in [1.807, 2.05) is 6.07 Å². The lowest BCUT2D eigenvalue weighted by Crippen LogP contribution is -2.32. The van der Waals surface area contributed by atoms with Gasteiger partial charge in [0.05, 0.1) is 10.4 Å². The molecule has 0 aromatic heterocycles. The second kappa shape index (κ2) is 4.87. The molecule has 0 aliphatic carbocycles. The van der Waals surface area contributed by atoms with Crippen LogP contribution >= 0.6 is 15.9 Å². The molecule has 2 bridgehead atoms. The summed E-state index contributed by atoms with van der Waals surface area (Å²) < 4.78 is 14.0. The van der Waals surface area contributed by atoms with Gasteiger partial charge in [-0.05, 0) is 52.9 Å². The molecule has 2 aliphatic heterocycles. The molecule has 2 aliphatic rings. The predicted octanol–water partition coefficient (Wildman–Crippen LogP) is 3.03. The summed E-state index contributed by atoms with van der Waals surface area (Å²) >= 11 is 3.14. The highest BCUT2D eigenvalue weighted by molar-refractivity contribution is 9.10. The van der Waals surface area contributed by atoms with Crippen LogP contribution in [0.2, 0.25) is 0 Å². The standard InChI is InChI=1S/C14H15BrFNO2/c15-11-3-1-8(5-12(11)16)7-17-9-2-4-13(17)10(6-9)14(18)19/h1,3,5,9-10,13H,2,4,6-7H2,(H,18,19). The average molecular weight is 328 g/mol.